The molecule has 1 aromatic carbocycles. The number of nitrogens with zero attached hydrogens (tertiary/aromatic N) is 1. The summed E-state index contributed by atoms with van der Waals surface area (Å²) in [5.41, 5.74) is 1.55. The number of fused-ring (bicyclic) bond motifs is 1. The Labute approximate surface area is 107 Å². The standard InChI is InChI=1S/C14H19NO3/c1-9(2)7-15-12-6-11(8-16)4-5-13(12)18-10(3)14(15)17/h4-6,9-10,16H,7-8H2,1-3H3. The fraction of sp³-hybridized carbons (Fsp3) is 0.500. The van der Waals surface area contributed by atoms with Crippen LogP contribution < -0.4 is 9.64 Å². The molecule has 0 fully saturated rings. The van der Waals surface area contributed by atoms with E-state index in [2.05, 4.69) is 13.8 Å². The largest absolute Gasteiger partial charge is 0.479 e. The van der Waals surface area contributed by atoms with Gasteiger partial charge in [0.05, 0.1) is 12.3 Å². The lowest BCUT2D eigenvalue weighted by Gasteiger charge is -2.34. The van der Waals surface area contributed by atoms with Gasteiger partial charge in [0.2, 0.25) is 0 Å². The van der Waals surface area contributed by atoms with Crippen LogP contribution in [0.4, 0.5) is 5.69 Å². The van der Waals surface area contributed by atoms with Crippen LogP contribution in [0.2, 0.25) is 0 Å². The number of hydrogen-bond donors (Lipinski definition) is 1. The maximum atomic E-state index is 12.2. The Balaban J connectivity index is 2.42. The number of anilines is 1. The number of aliphatic hydroxyl groups is 1. The Morgan fingerprint density at radius 1 is 1.44 bits per heavy atom. The third-order valence-corrected chi connectivity index (χ3v) is 2.96. The lowest BCUT2D eigenvalue weighted by molar-refractivity contribution is -0.125. The molecule has 0 spiro atoms. The summed E-state index contributed by atoms with van der Waals surface area (Å²) >= 11 is 0. The van der Waals surface area contributed by atoms with Crippen molar-refractivity contribution in [3.8, 4) is 5.75 Å². The second-order valence-electron chi connectivity index (χ2n) is 5.06. The second-order valence-corrected chi connectivity index (χ2v) is 5.06. The van der Waals surface area contributed by atoms with Gasteiger partial charge in [-0.1, -0.05) is 19.9 Å². The Hall–Kier alpha value is -1.55. The summed E-state index contributed by atoms with van der Waals surface area (Å²) in [6, 6.07) is 5.45. The van der Waals surface area contributed by atoms with Crippen LogP contribution in [-0.4, -0.2) is 23.7 Å². The monoisotopic (exact) mass is 249 g/mol. The first-order valence-corrected chi connectivity index (χ1v) is 6.24. The number of benzene rings is 1. The highest BCUT2D eigenvalue weighted by atomic mass is 16.5. The number of ether oxygens (including phenoxy) is 1. The van der Waals surface area contributed by atoms with Crippen LogP contribution in [0.1, 0.15) is 26.3 Å². The zero-order valence-corrected chi connectivity index (χ0v) is 11.0. The predicted molar refractivity (Wildman–Crippen MR) is 69.6 cm³/mol. The first-order chi connectivity index (χ1) is 8.52. The summed E-state index contributed by atoms with van der Waals surface area (Å²) in [7, 11) is 0. The van der Waals surface area contributed by atoms with E-state index in [9.17, 15) is 9.90 Å². The molecule has 4 heteroatoms. The van der Waals surface area contributed by atoms with Gasteiger partial charge in [-0.05, 0) is 30.5 Å². The van der Waals surface area contributed by atoms with Crippen molar-refractivity contribution in [1.29, 1.82) is 0 Å². The zero-order valence-electron chi connectivity index (χ0n) is 11.0. The molecule has 1 amide bonds. The number of hydrogen-bond acceptors (Lipinski definition) is 3. The van der Waals surface area contributed by atoms with Crippen LogP contribution in [0.3, 0.4) is 0 Å². The van der Waals surface area contributed by atoms with Crippen LogP contribution >= 0.6 is 0 Å². The summed E-state index contributed by atoms with van der Waals surface area (Å²) in [6.45, 7) is 6.53. The highest BCUT2D eigenvalue weighted by molar-refractivity contribution is 5.99. The molecule has 1 aliphatic heterocycles. The molecule has 0 bridgehead atoms. The minimum atomic E-state index is -0.448. The number of carbonyl (C=O) groups is 1. The van der Waals surface area contributed by atoms with E-state index in [4.69, 9.17) is 4.74 Å². The molecular weight excluding hydrogens is 230 g/mol. The van der Waals surface area contributed by atoms with Crippen molar-refractivity contribution in [2.24, 2.45) is 5.92 Å². The topological polar surface area (TPSA) is 49.8 Å². The molecular formula is C14H19NO3. The van der Waals surface area contributed by atoms with Crippen LogP contribution in [0.15, 0.2) is 18.2 Å². The van der Waals surface area contributed by atoms with Gasteiger partial charge in [-0.15, -0.1) is 0 Å². The van der Waals surface area contributed by atoms with Crippen molar-refractivity contribution in [2.45, 2.75) is 33.5 Å². The van der Waals surface area contributed by atoms with Gasteiger partial charge >= 0.3 is 0 Å². The van der Waals surface area contributed by atoms with Crippen LogP contribution in [0.25, 0.3) is 0 Å². The molecule has 0 saturated carbocycles. The van der Waals surface area contributed by atoms with E-state index in [-0.39, 0.29) is 12.5 Å². The molecule has 98 valence electrons. The minimum Gasteiger partial charge on any atom is -0.479 e. The van der Waals surface area contributed by atoms with E-state index in [1.807, 2.05) is 18.2 Å². The van der Waals surface area contributed by atoms with Gasteiger partial charge in [0, 0.05) is 6.54 Å². The molecule has 1 unspecified atom stereocenters. The maximum absolute atomic E-state index is 12.2. The van der Waals surface area contributed by atoms with E-state index in [1.165, 1.54) is 0 Å². The second kappa shape index (κ2) is 4.98. The molecule has 4 nitrogen and oxygen atoms in total. The lowest BCUT2D eigenvalue weighted by atomic mass is 10.1. The van der Waals surface area contributed by atoms with Crippen LogP contribution in [0, 0.1) is 5.92 Å². The average molecular weight is 249 g/mol. The van der Waals surface area contributed by atoms with Gasteiger partial charge in [-0.2, -0.15) is 0 Å². The third-order valence-electron chi connectivity index (χ3n) is 2.96. The normalized spacial score (nSPS) is 18.8. The Morgan fingerprint density at radius 2 is 2.17 bits per heavy atom. The van der Waals surface area contributed by atoms with E-state index < -0.39 is 6.10 Å². The summed E-state index contributed by atoms with van der Waals surface area (Å²) in [5, 5.41) is 9.18. The molecule has 0 saturated heterocycles. The molecule has 18 heavy (non-hydrogen) atoms. The smallest absolute Gasteiger partial charge is 0.267 e. The molecule has 1 aromatic rings. The quantitative estimate of drug-likeness (QED) is 0.890. The summed E-state index contributed by atoms with van der Waals surface area (Å²) in [5.74, 6) is 1.07. The van der Waals surface area contributed by atoms with E-state index >= 15 is 0 Å². The van der Waals surface area contributed by atoms with Crippen LogP contribution in [0.5, 0.6) is 5.75 Å². The highest BCUT2D eigenvalue weighted by Crippen LogP contribution is 2.35. The lowest BCUT2D eigenvalue weighted by Crippen LogP contribution is -2.46. The third kappa shape index (κ3) is 2.34. The number of amides is 1. The first kappa shape index (κ1) is 12.9. The SMILES string of the molecule is CC(C)CN1C(=O)C(C)Oc2ccc(CO)cc21. The molecule has 2 rings (SSSR count). The summed E-state index contributed by atoms with van der Waals surface area (Å²) < 4.78 is 5.58. The summed E-state index contributed by atoms with van der Waals surface area (Å²) in [4.78, 5) is 13.9. The molecule has 1 aliphatic rings. The Kier molecular flexibility index (Phi) is 3.57. The molecule has 1 atom stereocenters. The van der Waals surface area contributed by atoms with Crippen molar-refractivity contribution in [3.05, 3.63) is 23.8 Å². The predicted octanol–water partition coefficient (Wildman–Crippen LogP) is 1.95. The van der Waals surface area contributed by atoms with Crippen molar-refractivity contribution in [3.63, 3.8) is 0 Å². The Morgan fingerprint density at radius 3 is 2.78 bits per heavy atom. The number of carbonyl (C=O) groups excluding carboxylic acids is 1. The van der Waals surface area contributed by atoms with Gasteiger partial charge < -0.3 is 14.7 Å². The van der Waals surface area contributed by atoms with Gasteiger partial charge in [-0.3, -0.25) is 4.79 Å². The van der Waals surface area contributed by atoms with Gasteiger partial charge in [0.25, 0.3) is 5.91 Å². The van der Waals surface area contributed by atoms with Gasteiger partial charge in [-0.25, -0.2) is 0 Å². The van der Waals surface area contributed by atoms with Gasteiger partial charge in [0.15, 0.2) is 6.10 Å². The Bertz CT molecular complexity index is 456. The summed E-state index contributed by atoms with van der Waals surface area (Å²) in [6.07, 6.45) is -0.448. The first-order valence-electron chi connectivity index (χ1n) is 6.24. The molecule has 0 aromatic heterocycles. The van der Waals surface area contributed by atoms with Crippen molar-refractivity contribution in [1.82, 2.24) is 0 Å². The van der Waals surface area contributed by atoms with Gasteiger partial charge in [0.1, 0.15) is 5.75 Å². The fourth-order valence-electron chi connectivity index (χ4n) is 2.10. The van der Waals surface area contributed by atoms with Crippen molar-refractivity contribution < 1.29 is 14.6 Å². The fourth-order valence-corrected chi connectivity index (χ4v) is 2.10. The maximum Gasteiger partial charge on any atom is 0.267 e. The molecule has 0 radical (unpaired) electrons. The molecule has 0 aliphatic carbocycles. The average Bonchev–Trinajstić information content (AvgIpc) is 2.34. The zero-order chi connectivity index (χ0) is 13.3. The van der Waals surface area contributed by atoms with Crippen molar-refractivity contribution in [2.75, 3.05) is 11.4 Å². The van der Waals surface area contributed by atoms with E-state index in [0.717, 1.165) is 11.3 Å². The number of rotatable bonds is 3. The van der Waals surface area contributed by atoms with E-state index in [1.54, 1.807) is 11.8 Å². The van der Waals surface area contributed by atoms with Crippen LogP contribution in [-0.2, 0) is 11.4 Å². The molecule has 1 heterocycles. The number of aliphatic hydroxyl groups excluding tert-OH is 1. The van der Waals surface area contributed by atoms with E-state index in [0.29, 0.717) is 18.2 Å². The molecule has 1 N–H and O–H groups in total. The van der Waals surface area contributed by atoms with Crippen molar-refractivity contribution >= 4 is 11.6 Å². The minimum absolute atomic E-state index is 0.0220. The highest BCUT2D eigenvalue weighted by Gasteiger charge is 2.31.